The van der Waals surface area contributed by atoms with E-state index in [1.54, 1.807) is 37.7 Å². The summed E-state index contributed by atoms with van der Waals surface area (Å²) in [6.45, 7) is 5.06. The summed E-state index contributed by atoms with van der Waals surface area (Å²) in [5, 5.41) is 14.8. The lowest BCUT2D eigenvalue weighted by molar-refractivity contribution is 0.143. The van der Waals surface area contributed by atoms with Crippen LogP contribution in [0.2, 0.25) is 0 Å². The van der Waals surface area contributed by atoms with Crippen LogP contribution in [0.1, 0.15) is 25.1 Å². The van der Waals surface area contributed by atoms with Crippen LogP contribution < -0.4 is 10.5 Å². The highest BCUT2D eigenvalue weighted by Crippen LogP contribution is 2.36. The monoisotopic (exact) mass is 413 g/mol. The van der Waals surface area contributed by atoms with Gasteiger partial charge in [0.05, 0.1) is 11.8 Å². The van der Waals surface area contributed by atoms with E-state index in [2.05, 4.69) is 26.6 Å². The van der Waals surface area contributed by atoms with Gasteiger partial charge in [0.15, 0.2) is 5.82 Å². The van der Waals surface area contributed by atoms with E-state index in [0.717, 1.165) is 22.9 Å². The Kier molecular flexibility index (Phi) is 5.03. The van der Waals surface area contributed by atoms with E-state index in [4.69, 9.17) is 5.73 Å². The largest absolute Gasteiger partial charge is 0.383 e. The zero-order valence-corrected chi connectivity index (χ0v) is 17.7. The molecule has 0 aliphatic rings. The highest BCUT2D eigenvalue weighted by Gasteiger charge is 2.19. The topological polar surface area (TPSA) is 123 Å². The van der Waals surface area contributed by atoms with Crippen LogP contribution in [0.4, 0.5) is 11.6 Å². The fourth-order valence-corrected chi connectivity index (χ4v) is 3.52. The summed E-state index contributed by atoms with van der Waals surface area (Å²) in [6, 6.07) is 7.31. The van der Waals surface area contributed by atoms with Crippen molar-refractivity contribution >= 4 is 32.6 Å². The van der Waals surface area contributed by atoms with Crippen molar-refractivity contribution in [1.29, 1.82) is 0 Å². The molecule has 0 fully saturated rings. The van der Waals surface area contributed by atoms with Crippen molar-refractivity contribution < 1.29 is 13.5 Å². The SMILES string of the molecule is Cc1ccc(-c2ccc(C#CC(C)(C)O)nc2N)c2c1c(NS(C)(=O)=O)nn2C. The van der Waals surface area contributed by atoms with E-state index in [1.807, 2.05) is 19.1 Å². The zero-order chi connectivity index (χ0) is 21.6. The van der Waals surface area contributed by atoms with E-state index in [9.17, 15) is 13.5 Å². The minimum absolute atomic E-state index is 0.267. The number of aryl methyl sites for hydroxylation is 2. The van der Waals surface area contributed by atoms with Crippen LogP contribution in [-0.2, 0) is 17.1 Å². The molecule has 0 saturated carbocycles. The highest BCUT2D eigenvalue weighted by molar-refractivity contribution is 7.92. The molecule has 0 aliphatic carbocycles. The average molecular weight is 414 g/mol. The van der Waals surface area contributed by atoms with Crippen molar-refractivity contribution in [3.8, 4) is 23.0 Å². The highest BCUT2D eigenvalue weighted by atomic mass is 32.2. The maximum absolute atomic E-state index is 11.7. The van der Waals surface area contributed by atoms with Gasteiger partial charge in [-0.05, 0) is 44.4 Å². The molecule has 0 amide bonds. The van der Waals surface area contributed by atoms with Gasteiger partial charge < -0.3 is 10.8 Å². The molecule has 152 valence electrons. The molecular formula is C20H23N5O3S. The van der Waals surface area contributed by atoms with Crippen molar-refractivity contribution in [2.45, 2.75) is 26.4 Å². The number of aliphatic hydroxyl groups is 1. The molecule has 3 rings (SSSR count). The Hall–Kier alpha value is -3.09. The van der Waals surface area contributed by atoms with Crippen LogP contribution in [0.3, 0.4) is 0 Å². The molecule has 4 N–H and O–H groups in total. The van der Waals surface area contributed by atoms with Crippen molar-refractivity contribution in [3.05, 3.63) is 35.5 Å². The molecule has 0 aliphatic heterocycles. The van der Waals surface area contributed by atoms with E-state index < -0.39 is 15.6 Å². The fourth-order valence-electron chi connectivity index (χ4n) is 3.03. The molecule has 0 spiro atoms. The predicted molar refractivity (Wildman–Crippen MR) is 115 cm³/mol. The number of nitrogen functional groups attached to an aromatic ring is 1. The van der Waals surface area contributed by atoms with Gasteiger partial charge in [-0.15, -0.1) is 0 Å². The molecule has 0 atom stereocenters. The van der Waals surface area contributed by atoms with E-state index in [-0.39, 0.29) is 11.6 Å². The fraction of sp³-hybridized carbons (Fsp3) is 0.300. The van der Waals surface area contributed by atoms with Crippen molar-refractivity contribution in [2.75, 3.05) is 16.7 Å². The number of aromatic nitrogens is 3. The third-order valence-electron chi connectivity index (χ3n) is 4.19. The molecule has 2 aromatic heterocycles. The first-order valence-corrected chi connectivity index (χ1v) is 10.7. The van der Waals surface area contributed by atoms with Gasteiger partial charge in [0.1, 0.15) is 17.1 Å². The van der Waals surface area contributed by atoms with Gasteiger partial charge in [-0.3, -0.25) is 9.40 Å². The second kappa shape index (κ2) is 7.06. The smallest absolute Gasteiger partial charge is 0.231 e. The average Bonchev–Trinajstić information content (AvgIpc) is 2.89. The van der Waals surface area contributed by atoms with E-state index >= 15 is 0 Å². The number of hydrogen-bond donors (Lipinski definition) is 3. The molecule has 0 bridgehead atoms. The normalized spacial score (nSPS) is 11.9. The zero-order valence-electron chi connectivity index (χ0n) is 16.9. The standard InChI is InChI=1S/C20H23N5O3S/c1-12-6-8-14(17-16(12)19(23-25(17)4)24-29(5,27)28)15-9-7-13(22-18(15)21)10-11-20(2,3)26/h6-9,26H,1-5H3,(H2,21,22)(H,23,24). The molecule has 0 saturated heterocycles. The van der Waals surface area contributed by atoms with Crippen LogP contribution in [0, 0.1) is 18.8 Å². The number of nitrogens with zero attached hydrogens (tertiary/aromatic N) is 3. The first-order chi connectivity index (χ1) is 13.4. The number of rotatable bonds is 3. The first-order valence-electron chi connectivity index (χ1n) is 8.82. The van der Waals surface area contributed by atoms with Gasteiger partial charge in [-0.25, -0.2) is 13.4 Å². The summed E-state index contributed by atoms with van der Waals surface area (Å²) in [4.78, 5) is 4.33. The van der Waals surface area contributed by atoms with Gasteiger partial charge in [0.25, 0.3) is 0 Å². The molecular weight excluding hydrogens is 390 g/mol. The van der Waals surface area contributed by atoms with Crippen LogP contribution in [-0.4, -0.2) is 40.1 Å². The van der Waals surface area contributed by atoms with Gasteiger partial charge >= 0.3 is 0 Å². The summed E-state index contributed by atoms with van der Waals surface area (Å²) in [6.07, 6.45) is 1.09. The Labute approximate surface area is 169 Å². The number of sulfonamides is 1. The lowest BCUT2D eigenvalue weighted by Gasteiger charge is -2.10. The van der Waals surface area contributed by atoms with Crippen molar-refractivity contribution in [2.24, 2.45) is 7.05 Å². The molecule has 0 radical (unpaired) electrons. The van der Waals surface area contributed by atoms with Crippen molar-refractivity contribution in [1.82, 2.24) is 14.8 Å². The molecule has 2 heterocycles. The quantitative estimate of drug-likeness (QED) is 0.565. The van der Waals surface area contributed by atoms with Crippen LogP contribution in [0.25, 0.3) is 22.0 Å². The number of nitrogens with one attached hydrogen (secondary N) is 1. The summed E-state index contributed by atoms with van der Waals surface area (Å²) < 4.78 is 27.5. The molecule has 0 unspecified atom stereocenters. The molecule has 9 heteroatoms. The molecule has 3 aromatic rings. The Bertz CT molecular complexity index is 1280. The number of benzene rings is 1. The predicted octanol–water partition coefficient (Wildman–Crippen LogP) is 2.02. The number of anilines is 2. The van der Waals surface area contributed by atoms with Crippen LogP contribution in [0.5, 0.6) is 0 Å². The Morgan fingerprint density at radius 2 is 1.86 bits per heavy atom. The maximum Gasteiger partial charge on any atom is 0.231 e. The lowest BCUT2D eigenvalue weighted by atomic mass is 10.00. The number of fused-ring (bicyclic) bond motifs is 1. The Morgan fingerprint density at radius 1 is 1.21 bits per heavy atom. The maximum atomic E-state index is 11.7. The molecule has 29 heavy (non-hydrogen) atoms. The van der Waals surface area contributed by atoms with Gasteiger partial charge in [0, 0.05) is 23.6 Å². The third-order valence-corrected chi connectivity index (χ3v) is 4.75. The van der Waals surface area contributed by atoms with Gasteiger partial charge in [-0.2, -0.15) is 5.10 Å². The summed E-state index contributed by atoms with van der Waals surface area (Å²) in [7, 11) is -1.74. The lowest BCUT2D eigenvalue weighted by Crippen LogP contribution is -2.14. The summed E-state index contributed by atoms with van der Waals surface area (Å²) in [5.41, 5.74) is 8.58. The third kappa shape index (κ3) is 4.50. The minimum atomic E-state index is -3.48. The van der Waals surface area contributed by atoms with Gasteiger partial charge in [-0.1, -0.05) is 18.1 Å². The Balaban J connectivity index is 2.18. The van der Waals surface area contributed by atoms with E-state index in [1.165, 1.54) is 0 Å². The first kappa shape index (κ1) is 20.6. The van der Waals surface area contributed by atoms with Crippen LogP contribution in [0.15, 0.2) is 24.3 Å². The molecule has 8 nitrogen and oxygen atoms in total. The number of hydrogen-bond acceptors (Lipinski definition) is 6. The second-order valence-corrected chi connectivity index (χ2v) is 9.19. The van der Waals surface area contributed by atoms with E-state index in [0.29, 0.717) is 16.6 Å². The Morgan fingerprint density at radius 3 is 2.45 bits per heavy atom. The van der Waals surface area contributed by atoms with Crippen molar-refractivity contribution in [3.63, 3.8) is 0 Å². The minimum Gasteiger partial charge on any atom is -0.383 e. The second-order valence-electron chi connectivity index (χ2n) is 7.44. The van der Waals surface area contributed by atoms with Crippen LogP contribution >= 0.6 is 0 Å². The molecule has 1 aromatic carbocycles. The summed E-state index contributed by atoms with van der Waals surface area (Å²) >= 11 is 0. The summed E-state index contributed by atoms with van der Waals surface area (Å²) in [5.74, 6) is 6.05. The number of nitrogens with two attached hydrogens (primary N) is 1. The van der Waals surface area contributed by atoms with Gasteiger partial charge in [0.2, 0.25) is 10.0 Å². The number of pyridine rings is 1.